The van der Waals surface area contributed by atoms with E-state index < -0.39 is 0 Å². The van der Waals surface area contributed by atoms with Gasteiger partial charge >= 0.3 is 5.97 Å². The van der Waals surface area contributed by atoms with Gasteiger partial charge in [-0.3, -0.25) is 4.79 Å². The van der Waals surface area contributed by atoms with Crippen molar-refractivity contribution in [1.82, 2.24) is 0 Å². The molecule has 5 aliphatic rings. The summed E-state index contributed by atoms with van der Waals surface area (Å²) in [5.74, 6) is 2.05. The smallest absolute Gasteiger partial charge is 0.311 e. The third-order valence-corrected chi connectivity index (χ3v) is 8.92. The number of ether oxygens (including phenoxy) is 2. The topological polar surface area (TPSA) is 35.5 Å². The minimum Gasteiger partial charge on any atom is -0.435 e. The summed E-state index contributed by atoms with van der Waals surface area (Å²) in [5, 5.41) is 0. The van der Waals surface area contributed by atoms with Crippen LogP contribution in [0.1, 0.15) is 65.7 Å². The fourth-order valence-corrected chi connectivity index (χ4v) is 8.14. The molecule has 0 aromatic heterocycles. The lowest BCUT2D eigenvalue weighted by molar-refractivity contribution is -0.263. The van der Waals surface area contributed by atoms with Gasteiger partial charge in [-0.1, -0.05) is 27.2 Å². The van der Waals surface area contributed by atoms with Crippen molar-refractivity contribution < 1.29 is 14.3 Å². The lowest BCUT2D eigenvalue weighted by Crippen LogP contribution is -2.65. The van der Waals surface area contributed by atoms with Gasteiger partial charge in [-0.2, -0.15) is 0 Å². The predicted octanol–water partition coefficient (Wildman–Crippen LogP) is 4.15. The molecule has 2 heterocycles. The van der Waals surface area contributed by atoms with Crippen LogP contribution in [0, 0.1) is 39.9 Å². The third kappa shape index (κ3) is 1.59. The molecule has 2 saturated heterocycles. The lowest BCUT2D eigenvalue weighted by Gasteiger charge is -2.67. The fourth-order valence-electron chi connectivity index (χ4n) is 8.14. The normalized spacial score (nSPS) is 56.5. The molecule has 3 heteroatoms. The Kier molecular flexibility index (Phi) is 2.78. The van der Waals surface area contributed by atoms with E-state index in [4.69, 9.17) is 9.47 Å². The van der Waals surface area contributed by atoms with E-state index in [0.717, 1.165) is 18.9 Å². The number of rotatable bonds is 0. The van der Waals surface area contributed by atoms with Crippen molar-refractivity contribution in [3.8, 4) is 0 Å². The van der Waals surface area contributed by atoms with Crippen LogP contribution in [0.2, 0.25) is 0 Å². The lowest BCUT2D eigenvalue weighted by atomic mass is 9.38. The van der Waals surface area contributed by atoms with Crippen LogP contribution in [-0.2, 0) is 14.3 Å². The molecule has 128 valence electrons. The molecule has 0 aromatic carbocycles. The molecule has 7 atom stereocenters. The molecule has 3 nitrogen and oxygen atoms in total. The maximum Gasteiger partial charge on any atom is 0.311 e. The summed E-state index contributed by atoms with van der Waals surface area (Å²) in [6, 6.07) is 0. The number of hydrogen-bond acceptors (Lipinski definition) is 3. The molecule has 5 fully saturated rings. The molecule has 3 saturated carbocycles. The minimum atomic E-state index is -0.246. The van der Waals surface area contributed by atoms with Crippen molar-refractivity contribution in [2.75, 3.05) is 6.61 Å². The van der Waals surface area contributed by atoms with Crippen molar-refractivity contribution in [3.05, 3.63) is 0 Å². The molecule has 0 amide bonds. The van der Waals surface area contributed by atoms with E-state index in [-0.39, 0.29) is 23.6 Å². The standard InChI is InChI=1S/C20H30O3/c1-18(2)8-4-9-19(3)14(18)7-10-20-13-11-22-17(20)23-16(21)12(13)5-6-15(19)20/h12-15,17H,4-11H2,1-3H3/t12-,13-,14+,15-,17?,19+,20-/m1/s1. The second kappa shape index (κ2) is 4.33. The van der Waals surface area contributed by atoms with Gasteiger partial charge in [0, 0.05) is 11.3 Å². The highest BCUT2D eigenvalue weighted by atomic mass is 16.7. The minimum absolute atomic E-state index is 0.0258. The van der Waals surface area contributed by atoms with Crippen molar-refractivity contribution in [2.45, 2.75) is 72.0 Å². The largest absolute Gasteiger partial charge is 0.435 e. The molecule has 3 aliphatic carbocycles. The molecule has 5 rings (SSSR count). The van der Waals surface area contributed by atoms with Gasteiger partial charge in [-0.25, -0.2) is 0 Å². The van der Waals surface area contributed by atoms with Gasteiger partial charge < -0.3 is 9.47 Å². The van der Waals surface area contributed by atoms with Crippen molar-refractivity contribution in [2.24, 2.45) is 39.9 Å². The average Bonchev–Trinajstić information content (AvgIpc) is 2.72. The van der Waals surface area contributed by atoms with Gasteiger partial charge in [0.05, 0.1) is 12.5 Å². The summed E-state index contributed by atoms with van der Waals surface area (Å²) in [7, 11) is 0. The van der Waals surface area contributed by atoms with Gasteiger partial charge in [0.25, 0.3) is 0 Å². The SMILES string of the molecule is CC1(C)CCC[C@]2(C)[C@H]3CC[C@H]4C(=O)OC5OC[C@H]4[C@@]53CC[C@@H]12. The molecular formula is C20H30O3. The molecule has 0 aromatic rings. The maximum atomic E-state index is 12.3. The molecule has 0 N–H and O–H groups in total. The molecule has 2 aliphatic heterocycles. The zero-order valence-electron chi connectivity index (χ0n) is 14.8. The van der Waals surface area contributed by atoms with E-state index in [9.17, 15) is 4.79 Å². The highest BCUT2D eigenvalue weighted by Gasteiger charge is 2.72. The van der Waals surface area contributed by atoms with E-state index in [1.807, 2.05) is 0 Å². The monoisotopic (exact) mass is 318 g/mol. The van der Waals surface area contributed by atoms with Crippen LogP contribution in [0.5, 0.6) is 0 Å². The van der Waals surface area contributed by atoms with E-state index >= 15 is 0 Å². The molecule has 0 radical (unpaired) electrons. The summed E-state index contributed by atoms with van der Waals surface area (Å²) in [4.78, 5) is 12.3. The molecular weight excluding hydrogens is 288 g/mol. The van der Waals surface area contributed by atoms with Crippen LogP contribution in [0.4, 0.5) is 0 Å². The second-order valence-corrected chi connectivity index (χ2v) is 10.00. The van der Waals surface area contributed by atoms with Crippen LogP contribution < -0.4 is 0 Å². The third-order valence-electron chi connectivity index (χ3n) is 8.92. The van der Waals surface area contributed by atoms with Crippen molar-refractivity contribution in [1.29, 1.82) is 0 Å². The van der Waals surface area contributed by atoms with E-state index in [0.29, 0.717) is 22.7 Å². The summed E-state index contributed by atoms with van der Waals surface area (Å²) in [5.41, 5.74) is 0.991. The maximum absolute atomic E-state index is 12.3. The summed E-state index contributed by atoms with van der Waals surface area (Å²) in [6.45, 7) is 8.30. The van der Waals surface area contributed by atoms with Crippen LogP contribution in [0.15, 0.2) is 0 Å². The molecule has 4 bridgehead atoms. The quantitative estimate of drug-likeness (QED) is 0.629. The molecule has 1 unspecified atom stereocenters. The Hall–Kier alpha value is -0.570. The number of esters is 1. The Labute approximate surface area is 139 Å². The van der Waals surface area contributed by atoms with Gasteiger partial charge in [0.2, 0.25) is 6.29 Å². The number of hydrogen-bond donors (Lipinski definition) is 0. The van der Waals surface area contributed by atoms with Gasteiger partial charge in [-0.05, 0) is 61.2 Å². The van der Waals surface area contributed by atoms with E-state index in [1.54, 1.807) is 0 Å². The second-order valence-electron chi connectivity index (χ2n) is 10.00. The Morgan fingerprint density at radius 1 is 1.00 bits per heavy atom. The number of fused-ring (bicyclic) bond motifs is 2. The first kappa shape index (κ1) is 14.7. The van der Waals surface area contributed by atoms with Gasteiger partial charge in [0.1, 0.15) is 0 Å². The Morgan fingerprint density at radius 3 is 2.65 bits per heavy atom. The molecule has 23 heavy (non-hydrogen) atoms. The van der Waals surface area contributed by atoms with E-state index in [2.05, 4.69) is 20.8 Å². The highest BCUT2D eigenvalue weighted by Crippen LogP contribution is 2.72. The number of carbonyl (C=O) groups is 1. The van der Waals surface area contributed by atoms with Crippen molar-refractivity contribution in [3.63, 3.8) is 0 Å². The Bertz CT molecular complexity index is 555. The first-order valence-electron chi connectivity index (χ1n) is 9.72. The van der Waals surface area contributed by atoms with Crippen LogP contribution in [-0.4, -0.2) is 18.9 Å². The first-order valence-corrected chi connectivity index (χ1v) is 9.72. The van der Waals surface area contributed by atoms with Crippen molar-refractivity contribution >= 4 is 5.97 Å². The van der Waals surface area contributed by atoms with E-state index in [1.165, 1.54) is 38.5 Å². The average molecular weight is 318 g/mol. The summed E-state index contributed by atoms with van der Waals surface area (Å²) >= 11 is 0. The fraction of sp³-hybridized carbons (Fsp3) is 0.950. The highest BCUT2D eigenvalue weighted by molar-refractivity contribution is 5.75. The van der Waals surface area contributed by atoms with Crippen LogP contribution in [0.25, 0.3) is 0 Å². The Morgan fingerprint density at radius 2 is 1.83 bits per heavy atom. The summed E-state index contributed by atoms with van der Waals surface area (Å²) in [6.07, 6.45) is 8.56. The van der Waals surface area contributed by atoms with Crippen LogP contribution >= 0.6 is 0 Å². The first-order chi connectivity index (χ1) is 10.9. The zero-order valence-corrected chi connectivity index (χ0v) is 14.8. The predicted molar refractivity (Wildman–Crippen MR) is 86.4 cm³/mol. The van der Waals surface area contributed by atoms with Gasteiger partial charge in [-0.15, -0.1) is 0 Å². The molecule has 1 spiro atoms. The Balaban J connectivity index is 1.61. The zero-order chi connectivity index (χ0) is 16.0. The summed E-state index contributed by atoms with van der Waals surface area (Å²) < 4.78 is 11.9. The van der Waals surface area contributed by atoms with Crippen LogP contribution in [0.3, 0.4) is 0 Å². The van der Waals surface area contributed by atoms with Gasteiger partial charge in [0.15, 0.2) is 0 Å². The number of carbonyl (C=O) groups excluding carboxylic acids is 1.